The van der Waals surface area contributed by atoms with Crippen LogP contribution in [0.25, 0.3) is 10.9 Å². The van der Waals surface area contributed by atoms with E-state index in [0.717, 1.165) is 10.9 Å². The largest absolute Gasteiger partial charge is 0.497 e. The van der Waals surface area contributed by atoms with E-state index in [-0.39, 0.29) is 24.8 Å². The fraction of sp³-hybridized carbons (Fsp3) is 0.370. The number of pyridine rings is 1. The summed E-state index contributed by atoms with van der Waals surface area (Å²) >= 11 is 0. The van der Waals surface area contributed by atoms with Gasteiger partial charge < -0.3 is 14.5 Å². The fourth-order valence-electron chi connectivity index (χ4n) is 4.39. The Morgan fingerprint density at radius 1 is 1.11 bits per heavy atom. The van der Waals surface area contributed by atoms with Crippen molar-refractivity contribution in [2.24, 2.45) is 0 Å². The van der Waals surface area contributed by atoms with E-state index in [1.54, 1.807) is 14.0 Å². The Balaban J connectivity index is 1.71. The highest BCUT2D eigenvalue weighted by Crippen LogP contribution is 2.27. The molecule has 0 saturated carbocycles. The van der Waals surface area contributed by atoms with Gasteiger partial charge in [-0.1, -0.05) is 36.8 Å². The molecular weight excluding hydrogens is 472 g/mol. The van der Waals surface area contributed by atoms with Crippen molar-refractivity contribution >= 4 is 16.9 Å². The number of aromatic nitrogens is 5. The minimum Gasteiger partial charge on any atom is -0.497 e. The monoisotopic (exact) mass is 504 g/mol. The molecule has 0 aliphatic heterocycles. The van der Waals surface area contributed by atoms with Crippen molar-refractivity contribution in [1.82, 2.24) is 30.1 Å². The van der Waals surface area contributed by atoms with Crippen molar-refractivity contribution in [3.63, 3.8) is 0 Å². The van der Waals surface area contributed by atoms with Crippen LogP contribution in [0.4, 0.5) is 0 Å². The van der Waals surface area contributed by atoms with E-state index in [4.69, 9.17) is 9.47 Å². The van der Waals surface area contributed by atoms with Gasteiger partial charge in [-0.25, -0.2) is 4.68 Å². The predicted octanol–water partition coefficient (Wildman–Crippen LogP) is 3.55. The maximum absolute atomic E-state index is 13.1. The first kappa shape index (κ1) is 26.0. The predicted molar refractivity (Wildman–Crippen MR) is 139 cm³/mol. The summed E-state index contributed by atoms with van der Waals surface area (Å²) in [5.74, 6) is 0.818. The number of fused-ring (bicyclic) bond motifs is 1. The third-order valence-electron chi connectivity index (χ3n) is 6.28. The van der Waals surface area contributed by atoms with E-state index in [0.29, 0.717) is 42.2 Å². The lowest BCUT2D eigenvalue weighted by molar-refractivity contribution is -0.144. The Labute approximate surface area is 215 Å². The second-order valence-electron chi connectivity index (χ2n) is 8.89. The smallest absolute Gasteiger partial charge is 0.327 e. The van der Waals surface area contributed by atoms with Gasteiger partial charge in [0.1, 0.15) is 12.3 Å². The molecule has 0 radical (unpaired) electrons. The molecule has 4 aromatic rings. The van der Waals surface area contributed by atoms with Crippen molar-refractivity contribution < 1.29 is 14.3 Å². The third-order valence-corrected chi connectivity index (χ3v) is 6.28. The Kier molecular flexibility index (Phi) is 8.29. The van der Waals surface area contributed by atoms with Crippen LogP contribution in [0.5, 0.6) is 5.75 Å². The molecule has 0 saturated heterocycles. The number of nitrogens with one attached hydrogen (secondary N) is 1. The SMILES string of the molecule is CCOC(=O)Cn1nnnc1[C@@H](CC)N(Cc1ccc(C)cc1)Cc1cc2ccc(OC)cc2[nH]c1=O. The summed E-state index contributed by atoms with van der Waals surface area (Å²) in [6.45, 7) is 6.96. The van der Waals surface area contributed by atoms with Gasteiger partial charge in [0.15, 0.2) is 5.82 Å². The molecular formula is C27H32N6O4. The highest BCUT2D eigenvalue weighted by molar-refractivity contribution is 5.80. The molecule has 2 heterocycles. The number of aromatic amines is 1. The van der Waals surface area contributed by atoms with Gasteiger partial charge in [-0.2, -0.15) is 0 Å². The lowest BCUT2D eigenvalue weighted by Crippen LogP contribution is -2.33. The molecule has 2 aromatic carbocycles. The van der Waals surface area contributed by atoms with Crippen LogP contribution in [0.3, 0.4) is 0 Å². The lowest BCUT2D eigenvalue weighted by atomic mass is 10.1. The molecule has 2 aromatic heterocycles. The molecule has 0 aliphatic rings. The first-order valence-electron chi connectivity index (χ1n) is 12.3. The topological polar surface area (TPSA) is 115 Å². The first-order valence-corrected chi connectivity index (χ1v) is 12.3. The maximum Gasteiger partial charge on any atom is 0.327 e. The second-order valence-corrected chi connectivity index (χ2v) is 8.89. The Morgan fingerprint density at radius 3 is 2.59 bits per heavy atom. The molecule has 37 heavy (non-hydrogen) atoms. The molecule has 0 fully saturated rings. The zero-order valence-corrected chi connectivity index (χ0v) is 21.6. The number of hydrogen-bond donors (Lipinski definition) is 1. The summed E-state index contributed by atoms with van der Waals surface area (Å²) in [6.07, 6.45) is 0.664. The maximum atomic E-state index is 13.1. The van der Waals surface area contributed by atoms with Gasteiger partial charge in [-0.05, 0) is 59.8 Å². The van der Waals surface area contributed by atoms with Crippen LogP contribution in [0.1, 0.15) is 48.8 Å². The number of methoxy groups -OCH3 is 1. The van der Waals surface area contributed by atoms with Crippen molar-refractivity contribution in [3.05, 3.63) is 81.4 Å². The first-order chi connectivity index (χ1) is 17.9. The average molecular weight is 505 g/mol. The summed E-state index contributed by atoms with van der Waals surface area (Å²) in [6, 6.07) is 15.5. The highest BCUT2D eigenvalue weighted by Gasteiger charge is 2.27. The quantitative estimate of drug-likeness (QED) is 0.308. The molecule has 194 valence electrons. The van der Waals surface area contributed by atoms with Crippen molar-refractivity contribution in [2.45, 2.75) is 52.9 Å². The minimum absolute atomic E-state index is 0.0799. The number of ether oxygens (including phenoxy) is 2. The highest BCUT2D eigenvalue weighted by atomic mass is 16.5. The van der Waals surface area contributed by atoms with E-state index in [1.807, 2.05) is 38.1 Å². The van der Waals surface area contributed by atoms with E-state index < -0.39 is 5.97 Å². The number of aryl methyl sites for hydroxylation is 1. The normalized spacial score (nSPS) is 12.1. The van der Waals surface area contributed by atoms with Crippen LogP contribution in [0, 0.1) is 6.92 Å². The number of carbonyl (C=O) groups excluding carboxylic acids is 1. The molecule has 10 nitrogen and oxygen atoms in total. The van der Waals surface area contributed by atoms with Crippen LogP contribution >= 0.6 is 0 Å². The zero-order chi connectivity index (χ0) is 26.4. The van der Waals surface area contributed by atoms with Crippen molar-refractivity contribution in [3.8, 4) is 5.75 Å². The van der Waals surface area contributed by atoms with Gasteiger partial charge in [-0.15, -0.1) is 5.10 Å². The Morgan fingerprint density at radius 2 is 1.89 bits per heavy atom. The van der Waals surface area contributed by atoms with Crippen LogP contribution < -0.4 is 10.3 Å². The van der Waals surface area contributed by atoms with Crippen LogP contribution in [-0.4, -0.2) is 49.8 Å². The number of benzene rings is 2. The standard InChI is InChI=1S/C27H32N6O4/c1-5-24(26-29-30-31-33(26)17-25(34)37-6-2)32(15-19-9-7-18(3)8-10-19)16-21-13-20-11-12-22(36-4)14-23(20)28-27(21)35/h7-14,24H,5-6,15-17H2,1-4H3,(H,28,35)/t24-/m1/s1. The fourth-order valence-corrected chi connectivity index (χ4v) is 4.39. The number of tetrazole rings is 1. The molecule has 1 atom stereocenters. The number of nitrogens with zero attached hydrogens (tertiary/aromatic N) is 5. The lowest BCUT2D eigenvalue weighted by Gasteiger charge is -2.30. The molecule has 10 heteroatoms. The van der Waals surface area contributed by atoms with Crippen LogP contribution in [0.15, 0.2) is 53.3 Å². The van der Waals surface area contributed by atoms with Crippen LogP contribution in [0.2, 0.25) is 0 Å². The van der Waals surface area contributed by atoms with E-state index in [9.17, 15) is 9.59 Å². The van der Waals surface area contributed by atoms with Gasteiger partial charge >= 0.3 is 5.97 Å². The third kappa shape index (κ3) is 6.21. The van der Waals surface area contributed by atoms with Gasteiger partial charge in [0.05, 0.1) is 25.3 Å². The van der Waals surface area contributed by atoms with E-state index in [1.165, 1.54) is 10.2 Å². The molecule has 1 N–H and O–H groups in total. The summed E-state index contributed by atoms with van der Waals surface area (Å²) in [5, 5.41) is 13.0. The molecule has 0 unspecified atom stereocenters. The van der Waals surface area contributed by atoms with Gasteiger partial charge in [0.2, 0.25) is 0 Å². The number of carbonyl (C=O) groups is 1. The van der Waals surface area contributed by atoms with Gasteiger partial charge in [0.25, 0.3) is 5.56 Å². The Bertz CT molecular complexity index is 1410. The number of hydrogen-bond acceptors (Lipinski definition) is 8. The number of esters is 1. The molecule has 0 amide bonds. The summed E-state index contributed by atoms with van der Waals surface area (Å²) in [7, 11) is 1.59. The number of rotatable bonds is 11. The Hall–Kier alpha value is -4.05. The van der Waals surface area contributed by atoms with E-state index in [2.05, 4.69) is 49.7 Å². The summed E-state index contributed by atoms with van der Waals surface area (Å²) < 4.78 is 11.9. The van der Waals surface area contributed by atoms with Gasteiger partial charge in [-0.3, -0.25) is 14.5 Å². The van der Waals surface area contributed by atoms with E-state index >= 15 is 0 Å². The molecule has 0 bridgehead atoms. The molecule has 4 rings (SSSR count). The molecule has 0 aliphatic carbocycles. The van der Waals surface area contributed by atoms with Crippen molar-refractivity contribution in [1.29, 1.82) is 0 Å². The zero-order valence-electron chi connectivity index (χ0n) is 21.6. The molecule has 0 spiro atoms. The minimum atomic E-state index is -0.405. The average Bonchev–Trinajstić information content (AvgIpc) is 3.33. The summed E-state index contributed by atoms with van der Waals surface area (Å²) in [5.41, 5.74) is 3.42. The number of H-pyrrole nitrogens is 1. The summed E-state index contributed by atoms with van der Waals surface area (Å²) in [4.78, 5) is 30.4. The van der Waals surface area contributed by atoms with Crippen LogP contribution in [-0.2, 0) is 29.2 Å². The second kappa shape index (κ2) is 11.8. The van der Waals surface area contributed by atoms with Crippen molar-refractivity contribution in [2.75, 3.05) is 13.7 Å². The van der Waals surface area contributed by atoms with Gasteiger partial charge in [0, 0.05) is 24.7 Å².